The molecule has 0 saturated heterocycles. The van der Waals surface area contributed by atoms with Crippen molar-refractivity contribution in [1.82, 2.24) is 4.72 Å². The molecule has 0 aromatic rings. The summed E-state index contributed by atoms with van der Waals surface area (Å²) in [4.78, 5) is 0. The minimum absolute atomic E-state index is 0.0144. The average molecular weight is 207 g/mol. The Balaban J connectivity index is 4.35. The van der Waals surface area contributed by atoms with E-state index < -0.39 is 16.1 Å². The van der Waals surface area contributed by atoms with E-state index in [1.54, 1.807) is 6.92 Å². The van der Waals surface area contributed by atoms with Crippen molar-refractivity contribution < 1.29 is 8.42 Å². The van der Waals surface area contributed by atoms with Gasteiger partial charge in [0.05, 0.1) is 11.8 Å². The molecule has 0 fully saturated rings. The van der Waals surface area contributed by atoms with Gasteiger partial charge in [0.1, 0.15) is 5.84 Å². The highest BCUT2D eigenvalue weighted by Gasteiger charge is 2.17. The molecule has 0 aliphatic heterocycles. The van der Waals surface area contributed by atoms with Crippen LogP contribution >= 0.6 is 0 Å². The van der Waals surface area contributed by atoms with Gasteiger partial charge in [0.15, 0.2) is 0 Å². The lowest BCUT2D eigenvalue weighted by molar-refractivity contribution is 0.566. The van der Waals surface area contributed by atoms with Crippen molar-refractivity contribution in [1.29, 1.82) is 5.41 Å². The number of amidine groups is 1. The zero-order chi connectivity index (χ0) is 10.5. The molecule has 5 nitrogen and oxygen atoms in total. The van der Waals surface area contributed by atoms with Gasteiger partial charge in [0, 0.05) is 0 Å². The van der Waals surface area contributed by atoms with Crippen LogP contribution in [-0.4, -0.2) is 26.0 Å². The number of rotatable bonds is 6. The molecule has 0 rings (SSSR count). The molecule has 0 radical (unpaired) electrons. The van der Waals surface area contributed by atoms with E-state index in [2.05, 4.69) is 4.72 Å². The fourth-order valence-corrected chi connectivity index (χ4v) is 1.71. The maximum atomic E-state index is 11.1. The summed E-state index contributed by atoms with van der Waals surface area (Å²) in [5.41, 5.74) is 5.24. The lowest BCUT2D eigenvalue weighted by Gasteiger charge is -2.15. The topological polar surface area (TPSA) is 96.0 Å². The molecule has 0 amide bonds. The highest BCUT2D eigenvalue weighted by Crippen LogP contribution is 1.98. The average Bonchev–Trinajstić information content (AvgIpc) is 2.03. The van der Waals surface area contributed by atoms with Crippen molar-refractivity contribution in [3.05, 3.63) is 0 Å². The van der Waals surface area contributed by atoms with E-state index in [1.807, 2.05) is 6.92 Å². The van der Waals surface area contributed by atoms with Crippen LogP contribution in [0.4, 0.5) is 0 Å². The number of nitrogens with one attached hydrogen (secondary N) is 2. The molecule has 0 heterocycles. The summed E-state index contributed by atoms with van der Waals surface area (Å²) in [5.74, 6) is -0.112. The normalized spacial score (nSPS) is 14.0. The van der Waals surface area contributed by atoms with E-state index in [1.165, 1.54) is 0 Å². The van der Waals surface area contributed by atoms with Crippen LogP contribution < -0.4 is 10.5 Å². The monoisotopic (exact) mass is 207 g/mol. The predicted octanol–water partition coefficient (Wildman–Crippen LogP) is 0.0304. The van der Waals surface area contributed by atoms with Crippen LogP contribution in [0.5, 0.6) is 0 Å². The van der Waals surface area contributed by atoms with Gasteiger partial charge < -0.3 is 5.73 Å². The largest absolute Gasteiger partial charge is 0.386 e. The van der Waals surface area contributed by atoms with E-state index in [9.17, 15) is 8.42 Å². The lowest BCUT2D eigenvalue weighted by Crippen LogP contribution is -2.44. The van der Waals surface area contributed by atoms with Gasteiger partial charge in [-0.3, -0.25) is 5.41 Å². The molecule has 0 aliphatic rings. The van der Waals surface area contributed by atoms with Crippen molar-refractivity contribution in [3.63, 3.8) is 0 Å². The van der Waals surface area contributed by atoms with Crippen molar-refractivity contribution in [3.8, 4) is 0 Å². The van der Waals surface area contributed by atoms with Gasteiger partial charge in [-0.2, -0.15) is 0 Å². The third-order valence-electron chi connectivity index (χ3n) is 1.65. The van der Waals surface area contributed by atoms with E-state index >= 15 is 0 Å². The Bertz CT molecular complexity index is 261. The fourth-order valence-electron chi connectivity index (χ4n) is 0.867. The Hall–Kier alpha value is -0.620. The maximum Gasteiger partial charge on any atom is 0.211 e. The highest BCUT2D eigenvalue weighted by molar-refractivity contribution is 7.89. The smallest absolute Gasteiger partial charge is 0.211 e. The van der Waals surface area contributed by atoms with E-state index in [0.717, 1.165) is 6.42 Å². The van der Waals surface area contributed by atoms with E-state index in [4.69, 9.17) is 11.1 Å². The molecule has 0 saturated carbocycles. The molecule has 6 heteroatoms. The van der Waals surface area contributed by atoms with Gasteiger partial charge in [-0.05, 0) is 13.3 Å². The van der Waals surface area contributed by atoms with Crippen molar-refractivity contribution in [2.24, 2.45) is 5.73 Å². The van der Waals surface area contributed by atoms with Crippen molar-refractivity contribution in [2.45, 2.75) is 32.7 Å². The SMILES string of the molecule is CCCC(NS(=O)(=O)CC)C(=N)N. The molecular weight excluding hydrogens is 190 g/mol. The first-order chi connectivity index (χ1) is 5.93. The van der Waals surface area contributed by atoms with Crippen molar-refractivity contribution in [2.75, 3.05) is 5.75 Å². The van der Waals surface area contributed by atoms with Gasteiger partial charge in [-0.1, -0.05) is 13.3 Å². The Morgan fingerprint density at radius 3 is 2.38 bits per heavy atom. The molecule has 0 bridgehead atoms. The van der Waals surface area contributed by atoms with E-state index in [-0.39, 0.29) is 11.6 Å². The van der Waals surface area contributed by atoms with E-state index in [0.29, 0.717) is 6.42 Å². The van der Waals surface area contributed by atoms with Gasteiger partial charge in [0.2, 0.25) is 10.0 Å². The molecule has 1 atom stereocenters. The second-order valence-corrected chi connectivity index (χ2v) is 4.86. The van der Waals surface area contributed by atoms with Gasteiger partial charge in [0.25, 0.3) is 0 Å². The molecule has 0 aromatic carbocycles. The summed E-state index contributed by atoms with van der Waals surface area (Å²) in [6, 6.07) is -0.546. The Kier molecular flexibility index (Phi) is 4.94. The number of sulfonamides is 1. The first-order valence-corrected chi connectivity index (χ1v) is 5.92. The predicted molar refractivity (Wildman–Crippen MR) is 53.2 cm³/mol. The molecular formula is C7H17N3O2S. The second kappa shape index (κ2) is 5.18. The van der Waals surface area contributed by atoms with Crippen LogP contribution in [0.1, 0.15) is 26.7 Å². The summed E-state index contributed by atoms with van der Waals surface area (Å²) in [6.45, 7) is 3.46. The van der Waals surface area contributed by atoms with Crippen LogP contribution in [0.2, 0.25) is 0 Å². The number of nitrogens with two attached hydrogens (primary N) is 1. The summed E-state index contributed by atoms with van der Waals surface area (Å²) in [7, 11) is -3.26. The second-order valence-electron chi connectivity index (χ2n) is 2.82. The fraction of sp³-hybridized carbons (Fsp3) is 0.857. The Morgan fingerprint density at radius 1 is 1.54 bits per heavy atom. The van der Waals surface area contributed by atoms with Crippen LogP contribution in [0, 0.1) is 5.41 Å². The molecule has 0 spiro atoms. The lowest BCUT2D eigenvalue weighted by atomic mass is 10.2. The van der Waals surface area contributed by atoms with Crippen LogP contribution in [0.3, 0.4) is 0 Å². The number of hydrogen-bond donors (Lipinski definition) is 3. The molecule has 13 heavy (non-hydrogen) atoms. The summed E-state index contributed by atoms with van der Waals surface area (Å²) in [5, 5.41) is 7.16. The molecule has 0 aromatic heterocycles. The molecule has 1 unspecified atom stereocenters. The Labute approximate surface area is 79.3 Å². The van der Waals surface area contributed by atoms with Crippen molar-refractivity contribution >= 4 is 15.9 Å². The number of hydrogen-bond acceptors (Lipinski definition) is 3. The summed E-state index contributed by atoms with van der Waals surface area (Å²) in [6.07, 6.45) is 1.35. The molecule has 4 N–H and O–H groups in total. The van der Waals surface area contributed by atoms with Crippen LogP contribution in [0.25, 0.3) is 0 Å². The van der Waals surface area contributed by atoms with Crippen LogP contribution in [-0.2, 0) is 10.0 Å². The van der Waals surface area contributed by atoms with Gasteiger partial charge in [-0.15, -0.1) is 0 Å². The quantitative estimate of drug-likeness (QED) is 0.423. The molecule has 0 aliphatic carbocycles. The zero-order valence-electron chi connectivity index (χ0n) is 8.00. The third kappa shape index (κ3) is 4.84. The summed E-state index contributed by atoms with van der Waals surface area (Å²) >= 11 is 0. The van der Waals surface area contributed by atoms with Gasteiger partial charge >= 0.3 is 0 Å². The molecule has 78 valence electrons. The Morgan fingerprint density at radius 2 is 2.08 bits per heavy atom. The maximum absolute atomic E-state index is 11.1. The summed E-state index contributed by atoms with van der Waals surface area (Å²) < 4.78 is 24.6. The van der Waals surface area contributed by atoms with Crippen LogP contribution in [0.15, 0.2) is 0 Å². The third-order valence-corrected chi connectivity index (χ3v) is 3.06. The van der Waals surface area contributed by atoms with Gasteiger partial charge in [-0.25, -0.2) is 13.1 Å². The first-order valence-electron chi connectivity index (χ1n) is 4.26. The minimum Gasteiger partial charge on any atom is -0.386 e. The standard InChI is InChI=1S/C7H17N3O2S/c1-3-5-6(7(8)9)10-13(11,12)4-2/h6,10H,3-5H2,1-2H3,(H3,8,9). The first kappa shape index (κ1) is 12.4. The minimum atomic E-state index is -3.26. The highest BCUT2D eigenvalue weighted by atomic mass is 32.2. The zero-order valence-corrected chi connectivity index (χ0v) is 8.82.